The topological polar surface area (TPSA) is 258 Å². The van der Waals surface area contributed by atoms with Crippen molar-refractivity contribution in [3.05, 3.63) is 0 Å². The highest BCUT2D eigenvalue weighted by Crippen LogP contribution is 2.09. The Bertz CT molecular complexity index is 710. The van der Waals surface area contributed by atoms with Gasteiger partial charge >= 0.3 is 5.97 Å². The normalized spacial score (nSPS) is 14.2. The van der Waals surface area contributed by atoms with E-state index in [0.717, 1.165) is 0 Å². The predicted octanol–water partition coefficient (Wildman–Crippen LogP) is -3.54. The molecule has 0 spiro atoms. The van der Waals surface area contributed by atoms with E-state index in [9.17, 15) is 29.1 Å². The average molecular weight is 459 g/mol. The molecule has 0 bridgehead atoms. The van der Waals surface area contributed by atoms with Gasteiger partial charge in [-0.05, 0) is 18.8 Å². The number of carbonyl (C=O) groups excluding carboxylic acids is 4. The number of nitrogens with zero attached hydrogens (tertiary/aromatic N) is 1. The van der Waals surface area contributed by atoms with Crippen LogP contribution in [0.5, 0.6) is 0 Å². The minimum absolute atomic E-state index is 0.0509. The lowest BCUT2D eigenvalue weighted by Crippen LogP contribution is -2.57. The number of hydrogen-bond donors (Lipinski definition) is 8. The van der Waals surface area contributed by atoms with E-state index < -0.39 is 60.7 Å². The fourth-order valence-corrected chi connectivity index (χ4v) is 2.65. The molecule has 0 rings (SSSR count). The zero-order valence-electron chi connectivity index (χ0n) is 18.3. The molecular formula is C18H34N8O6. The highest BCUT2D eigenvalue weighted by atomic mass is 16.4. The Labute approximate surface area is 185 Å². The lowest BCUT2D eigenvalue weighted by Gasteiger charge is -2.26. The summed E-state index contributed by atoms with van der Waals surface area (Å²) in [6.07, 6.45) is 0.289. The first kappa shape index (κ1) is 28.6. The third kappa shape index (κ3) is 11.1. The summed E-state index contributed by atoms with van der Waals surface area (Å²) in [5.41, 5.74) is 20.9. The SMILES string of the molecule is CCC(C)C(NC(=O)C(CCCN=C(N)N)NC(=O)C(CC(N)=O)NC(=O)CN)C(=O)O. The summed E-state index contributed by atoms with van der Waals surface area (Å²) in [4.78, 5) is 63.6. The van der Waals surface area contributed by atoms with Gasteiger partial charge in [0.2, 0.25) is 23.6 Å². The molecule has 4 unspecified atom stereocenters. The van der Waals surface area contributed by atoms with Gasteiger partial charge in [-0.3, -0.25) is 24.2 Å². The van der Waals surface area contributed by atoms with Gasteiger partial charge < -0.3 is 44.0 Å². The van der Waals surface area contributed by atoms with Crippen molar-refractivity contribution in [1.29, 1.82) is 0 Å². The first-order valence-electron chi connectivity index (χ1n) is 10.1. The molecule has 0 aliphatic carbocycles. The Hall–Kier alpha value is -3.42. The Morgan fingerprint density at radius 3 is 2.03 bits per heavy atom. The highest BCUT2D eigenvalue weighted by molar-refractivity contribution is 5.95. The summed E-state index contributed by atoms with van der Waals surface area (Å²) in [5.74, 6) is -4.92. The van der Waals surface area contributed by atoms with Crippen LogP contribution in [-0.4, -0.2) is 71.9 Å². The summed E-state index contributed by atoms with van der Waals surface area (Å²) in [6, 6.07) is -3.72. The Balaban J connectivity index is 5.55. The monoisotopic (exact) mass is 458 g/mol. The third-order valence-corrected chi connectivity index (χ3v) is 4.60. The van der Waals surface area contributed by atoms with Crippen LogP contribution in [0.25, 0.3) is 0 Å². The van der Waals surface area contributed by atoms with Crippen molar-refractivity contribution < 1.29 is 29.1 Å². The van der Waals surface area contributed by atoms with E-state index >= 15 is 0 Å². The standard InChI is InChI=1S/C18H34N8O6/c1-3-9(2)14(17(31)32)26-15(29)10(5-4-6-23-18(21)22)25-16(30)11(7-12(20)27)24-13(28)8-19/h9-11,14H,3-8,19H2,1-2H3,(H2,20,27)(H,24,28)(H,25,30)(H,26,29)(H,31,32)(H4,21,22,23). The molecule has 0 aliphatic rings. The number of rotatable bonds is 15. The van der Waals surface area contributed by atoms with Crippen molar-refractivity contribution in [2.24, 2.45) is 33.8 Å². The largest absolute Gasteiger partial charge is 0.480 e. The van der Waals surface area contributed by atoms with Crippen LogP contribution in [0.3, 0.4) is 0 Å². The number of carboxylic acids is 1. The fraction of sp³-hybridized carbons (Fsp3) is 0.667. The lowest BCUT2D eigenvalue weighted by molar-refractivity contribution is -0.144. The number of nitrogens with two attached hydrogens (primary N) is 4. The third-order valence-electron chi connectivity index (χ3n) is 4.60. The Morgan fingerprint density at radius 2 is 1.56 bits per heavy atom. The highest BCUT2D eigenvalue weighted by Gasteiger charge is 2.31. The number of carbonyl (C=O) groups is 5. The van der Waals surface area contributed by atoms with Crippen molar-refractivity contribution in [3.8, 4) is 0 Å². The summed E-state index contributed by atoms with van der Waals surface area (Å²) in [5, 5.41) is 16.5. The van der Waals surface area contributed by atoms with Crippen LogP contribution in [0.4, 0.5) is 0 Å². The number of amides is 4. The maximum absolute atomic E-state index is 12.8. The summed E-state index contributed by atoms with van der Waals surface area (Å²) >= 11 is 0. The molecule has 0 aliphatic heterocycles. The van der Waals surface area contributed by atoms with Crippen molar-refractivity contribution >= 4 is 35.6 Å². The number of primary amides is 1. The molecule has 14 nitrogen and oxygen atoms in total. The minimum atomic E-state index is -1.36. The van der Waals surface area contributed by atoms with Crippen LogP contribution in [-0.2, 0) is 24.0 Å². The predicted molar refractivity (Wildman–Crippen MR) is 116 cm³/mol. The minimum Gasteiger partial charge on any atom is -0.480 e. The number of aliphatic carboxylic acids is 1. The first-order chi connectivity index (χ1) is 14.9. The molecule has 14 heteroatoms. The molecule has 12 N–H and O–H groups in total. The van der Waals surface area contributed by atoms with E-state index in [1.54, 1.807) is 13.8 Å². The molecule has 32 heavy (non-hydrogen) atoms. The van der Waals surface area contributed by atoms with Gasteiger partial charge in [-0.25, -0.2) is 4.79 Å². The smallest absolute Gasteiger partial charge is 0.326 e. The summed E-state index contributed by atoms with van der Waals surface area (Å²) < 4.78 is 0. The van der Waals surface area contributed by atoms with Gasteiger partial charge in [0.15, 0.2) is 5.96 Å². The molecule has 0 aromatic carbocycles. The quantitative estimate of drug-likeness (QED) is 0.0685. The van der Waals surface area contributed by atoms with E-state index in [1.165, 1.54) is 0 Å². The molecule has 182 valence electrons. The molecule has 0 radical (unpaired) electrons. The fourth-order valence-electron chi connectivity index (χ4n) is 2.65. The zero-order valence-corrected chi connectivity index (χ0v) is 18.3. The van der Waals surface area contributed by atoms with E-state index in [0.29, 0.717) is 6.42 Å². The number of hydrogen-bond acceptors (Lipinski definition) is 7. The average Bonchev–Trinajstić information content (AvgIpc) is 2.71. The van der Waals surface area contributed by atoms with Crippen LogP contribution in [0.15, 0.2) is 4.99 Å². The van der Waals surface area contributed by atoms with E-state index in [2.05, 4.69) is 20.9 Å². The molecule has 0 heterocycles. The maximum Gasteiger partial charge on any atom is 0.326 e. The molecule has 4 atom stereocenters. The second kappa shape index (κ2) is 14.6. The second-order valence-electron chi connectivity index (χ2n) is 7.21. The summed E-state index contributed by atoms with van der Waals surface area (Å²) in [7, 11) is 0. The van der Waals surface area contributed by atoms with Crippen molar-refractivity contribution in [2.45, 2.75) is 57.7 Å². The van der Waals surface area contributed by atoms with Gasteiger partial charge in [-0.15, -0.1) is 0 Å². The van der Waals surface area contributed by atoms with Crippen molar-refractivity contribution in [2.75, 3.05) is 13.1 Å². The number of aliphatic imine (C=N–C) groups is 1. The van der Waals surface area contributed by atoms with Gasteiger partial charge in [0.05, 0.1) is 13.0 Å². The molecular weight excluding hydrogens is 424 g/mol. The van der Waals surface area contributed by atoms with Crippen LogP contribution in [0.1, 0.15) is 39.5 Å². The van der Waals surface area contributed by atoms with Crippen molar-refractivity contribution in [3.63, 3.8) is 0 Å². The molecule has 0 saturated carbocycles. The summed E-state index contributed by atoms with van der Waals surface area (Å²) in [6.45, 7) is 3.16. The molecule has 4 amide bonds. The number of nitrogens with one attached hydrogen (secondary N) is 3. The van der Waals surface area contributed by atoms with E-state index in [-0.39, 0.29) is 31.3 Å². The van der Waals surface area contributed by atoms with Gasteiger partial charge in [-0.2, -0.15) is 0 Å². The van der Waals surface area contributed by atoms with E-state index in [1.807, 2.05) is 0 Å². The van der Waals surface area contributed by atoms with Gasteiger partial charge in [0.25, 0.3) is 0 Å². The molecule has 0 aromatic rings. The van der Waals surface area contributed by atoms with Gasteiger partial charge in [-0.1, -0.05) is 20.3 Å². The number of guanidine groups is 1. The molecule has 0 fully saturated rings. The lowest BCUT2D eigenvalue weighted by atomic mass is 9.98. The van der Waals surface area contributed by atoms with Gasteiger partial charge in [0, 0.05) is 6.54 Å². The van der Waals surface area contributed by atoms with Crippen LogP contribution in [0.2, 0.25) is 0 Å². The van der Waals surface area contributed by atoms with Crippen molar-refractivity contribution in [1.82, 2.24) is 16.0 Å². The zero-order chi connectivity index (χ0) is 24.8. The van der Waals surface area contributed by atoms with Crippen LogP contribution < -0.4 is 38.9 Å². The van der Waals surface area contributed by atoms with E-state index in [4.69, 9.17) is 22.9 Å². The second-order valence-corrected chi connectivity index (χ2v) is 7.21. The van der Waals surface area contributed by atoms with Crippen LogP contribution in [0, 0.1) is 5.92 Å². The Morgan fingerprint density at radius 1 is 0.969 bits per heavy atom. The van der Waals surface area contributed by atoms with Crippen LogP contribution >= 0.6 is 0 Å². The van der Waals surface area contributed by atoms with Gasteiger partial charge in [0.1, 0.15) is 18.1 Å². The number of carboxylic acid groups (broad SMARTS) is 1. The first-order valence-corrected chi connectivity index (χ1v) is 10.1. The Kier molecular flexibility index (Phi) is 13.0. The molecule has 0 saturated heterocycles. The molecule has 0 aromatic heterocycles. The maximum atomic E-state index is 12.8.